The number of aromatic nitrogens is 2. The molecule has 158 valence electrons. The molecule has 6 heteroatoms. The lowest BCUT2D eigenvalue weighted by Gasteiger charge is -2.38. The Morgan fingerprint density at radius 1 is 1.07 bits per heavy atom. The van der Waals surface area contributed by atoms with E-state index in [9.17, 15) is 4.79 Å². The van der Waals surface area contributed by atoms with Gasteiger partial charge in [0, 0.05) is 0 Å². The van der Waals surface area contributed by atoms with Gasteiger partial charge in [-0.2, -0.15) is 0 Å². The van der Waals surface area contributed by atoms with Crippen molar-refractivity contribution in [1.29, 1.82) is 0 Å². The Morgan fingerprint density at radius 3 is 2.37 bits per heavy atom. The first-order valence-electron chi connectivity index (χ1n) is 10.6. The number of benzene rings is 2. The van der Waals surface area contributed by atoms with Crippen LogP contribution >= 0.6 is 0 Å². The molecule has 0 amide bonds. The van der Waals surface area contributed by atoms with Gasteiger partial charge in [-0.15, -0.1) is 0 Å². The van der Waals surface area contributed by atoms with Crippen LogP contribution < -0.4 is 10.6 Å². The molecule has 0 bridgehead atoms. The van der Waals surface area contributed by atoms with E-state index < -0.39 is 8.32 Å². The largest absolute Gasteiger partial charge is 0.407 e. The molecule has 0 spiro atoms. The van der Waals surface area contributed by atoms with E-state index in [1.54, 1.807) is 4.68 Å². The van der Waals surface area contributed by atoms with Gasteiger partial charge in [-0.05, 0) is 42.8 Å². The zero-order chi connectivity index (χ0) is 21.7. The maximum absolute atomic E-state index is 13.5. The van der Waals surface area contributed by atoms with Crippen molar-refractivity contribution in [2.45, 2.75) is 58.0 Å². The number of fused-ring (bicyclic) bond motifs is 1. The molecule has 0 saturated carbocycles. The number of nitrogens with zero attached hydrogens (tertiary/aromatic N) is 3. The van der Waals surface area contributed by atoms with Gasteiger partial charge in [0.25, 0.3) is 5.56 Å². The molecule has 5 nitrogen and oxygen atoms in total. The molecule has 4 rings (SSSR count). The first-order chi connectivity index (χ1) is 14.1. The Morgan fingerprint density at radius 2 is 1.70 bits per heavy atom. The average molecular weight is 422 g/mol. The van der Waals surface area contributed by atoms with Gasteiger partial charge in [0.15, 0.2) is 14.1 Å². The summed E-state index contributed by atoms with van der Waals surface area (Å²) in [5.74, 6) is 0.682. The highest BCUT2D eigenvalue weighted by Gasteiger charge is 2.42. The topological polar surface area (TPSA) is 47.1 Å². The second-order valence-corrected chi connectivity index (χ2v) is 14.4. The molecule has 1 aromatic heterocycles. The molecule has 0 N–H and O–H groups in total. The van der Waals surface area contributed by atoms with Crippen LogP contribution in [0.5, 0.6) is 0 Å². The van der Waals surface area contributed by atoms with Crippen LogP contribution in [-0.2, 0) is 4.43 Å². The maximum atomic E-state index is 13.5. The van der Waals surface area contributed by atoms with Crippen molar-refractivity contribution < 1.29 is 4.43 Å². The molecular formula is C24H31N3O2Si. The number of para-hydroxylation sites is 1. The minimum atomic E-state index is -2.03. The highest BCUT2D eigenvalue weighted by atomic mass is 28.4. The fourth-order valence-electron chi connectivity index (χ4n) is 3.63. The van der Waals surface area contributed by atoms with Gasteiger partial charge >= 0.3 is 0 Å². The summed E-state index contributed by atoms with van der Waals surface area (Å²) in [4.78, 5) is 18.4. The van der Waals surface area contributed by atoms with Crippen molar-refractivity contribution in [1.82, 2.24) is 9.66 Å². The average Bonchev–Trinajstić information content (AvgIpc) is 3.48. The number of hydrogen-bond acceptors (Lipinski definition) is 4. The monoisotopic (exact) mass is 421 g/mol. The molecular weight excluding hydrogens is 390 g/mol. The highest BCUT2D eigenvalue weighted by molar-refractivity contribution is 6.74. The van der Waals surface area contributed by atoms with Crippen molar-refractivity contribution in [3.05, 3.63) is 76.3 Å². The van der Waals surface area contributed by atoms with Gasteiger partial charge in [-0.25, -0.2) is 9.66 Å². The van der Waals surface area contributed by atoms with Crippen LogP contribution in [0, 0.1) is 0 Å². The Balaban J connectivity index is 1.79. The molecule has 1 saturated heterocycles. The van der Waals surface area contributed by atoms with Gasteiger partial charge in [0.05, 0.1) is 23.5 Å². The van der Waals surface area contributed by atoms with E-state index in [4.69, 9.17) is 9.41 Å². The van der Waals surface area contributed by atoms with E-state index in [0.717, 1.165) is 12.1 Å². The summed E-state index contributed by atoms with van der Waals surface area (Å²) in [5, 5.41) is 2.81. The molecule has 30 heavy (non-hydrogen) atoms. The van der Waals surface area contributed by atoms with Crippen molar-refractivity contribution in [3.63, 3.8) is 0 Å². The molecule has 1 unspecified atom stereocenters. The zero-order valence-corrected chi connectivity index (χ0v) is 19.7. The lowest BCUT2D eigenvalue weighted by atomic mass is 10.2. The normalized spacial score (nSPS) is 17.9. The van der Waals surface area contributed by atoms with Gasteiger partial charge < -0.3 is 4.43 Å². The fourth-order valence-corrected chi connectivity index (χ4v) is 4.97. The van der Waals surface area contributed by atoms with Gasteiger partial charge in [0.1, 0.15) is 6.10 Å². The predicted octanol–water partition coefficient (Wildman–Crippen LogP) is 5.17. The van der Waals surface area contributed by atoms with Gasteiger partial charge in [0.2, 0.25) is 0 Å². The van der Waals surface area contributed by atoms with E-state index in [1.165, 1.54) is 5.56 Å². The minimum absolute atomic E-state index is 0.0280. The number of hydrogen-bond donors (Lipinski definition) is 0. The van der Waals surface area contributed by atoms with Crippen LogP contribution in [0.1, 0.15) is 51.2 Å². The SMILES string of the molecule is C[C@H](O[Si](C)(C)C(C)(C)C)c1nc2ccccc2c(=O)n1N1CC1c1ccccc1. The first-order valence-corrected chi connectivity index (χ1v) is 13.5. The quantitative estimate of drug-likeness (QED) is 0.421. The van der Waals surface area contributed by atoms with Gasteiger partial charge in [-0.1, -0.05) is 63.2 Å². The molecule has 2 atom stereocenters. The molecule has 0 radical (unpaired) electrons. The van der Waals surface area contributed by atoms with Crippen LogP contribution in [-0.4, -0.2) is 24.5 Å². The molecule has 1 aliphatic rings. The second-order valence-electron chi connectivity index (χ2n) is 9.67. The van der Waals surface area contributed by atoms with Gasteiger partial charge in [-0.3, -0.25) is 9.80 Å². The second kappa shape index (κ2) is 7.36. The summed E-state index contributed by atoms with van der Waals surface area (Å²) in [7, 11) is -2.03. The van der Waals surface area contributed by atoms with Crippen LogP contribution in [0.15, 0.2) is 59.4 Å². The maximum Gasteiger partial charge on any atom is 0.280 e. The fraction of sp³-hybridized carbons (Fsp3) is 0.417. The molecule has 2 aromatic carbocycles. The summed E-state index contributed by atoms with van der Waals surface area (Å²) in [6.45, 7) is 14.0. The van der Waals surface area contributed by atoms with E-state index in [1.807, 2.05) is 49.4 Å². The summed E-state index contributed by atoms with van der Waals surface area (Å²) in [6.07, 6.45) is -0.278. The highest BCUT2D eigenvalue weighted by Crippen LogP contribution is 2.40. The molecule has 1 aliphatic heterocycles. The third-order valence-electron chi connectivity index (χ3n) is 6.45. The van der Waals surface area contributed by atoms with Crippen molar-refractivity contribution >= 4 is 19.2 Å². The van der Waals surface area contributed by atoms with Crippen LogP contribution in [0.25, 0.3) is 10.9 Å². The molecule has 2 heterocycles. The molecule has 1 fully saturated rings. The van der Waals surface area contributed by atoms with Crippen LogP contribution in [0.4, 0.5) is 0 Å². The van der Waals surface area contributed by atoms with Crippen LogP contribution in [0.2, 0.25) is 18.1 Å². The van der Waals surface area contributed by atoms with E-state index >= 15 is 0 Å². The van der Waals surface area contributed by atoms with Crippen molar-refractivity contribution in [3.8, 4) is 0 Å². The number of rotatable bonds is 5. The van der Waals surface area contributed by atoms with Crippen molar-refractivity contribution in [2.24, 2.45) is 0 Å². The lowest BCUT2D eigenvalue weighted by molar-refractivity contribution is 0.188. The predicted molar refractivity (Wildman–Crippen MR) is 125 cm³/mol. The minimum Gasteiger partial charge on any atom is -0.407 e. The smallest absolute Gasteiger partial charge is 0.280 e. The van der Waals surface area contributed by atoms with Crippen molar-refractivity contribution in [2.75, 3.05) is 11.6 Å². The Hall–Kier alpha value is -2.44. The summed E-state index contributed by atoms with van der Waals surface area (Å²) in [6, 6.07) is 18.1. The third-order valence-corrected chi connectivity index (χ3v) is 11.0. The third kappa shape index (κ3) is 3.70. The van der Waals surface area contributed by atoms with E-state index in [0.29, 0.717) is 11.2 Å². The Labute approximate surface area is 179 Å². The lowest BCUT2D eigenvalue weighted by Crippen LogP contribution is -2.43. The molecule has 3 aromatic rings. The zero-order valence-electron chi connectivity index (χ0n) is 18.7. The standard InChI is InChI=1S/C24H31N3O2Si/c1-17(29-30(5,6)24(2,3)4)22-25-20-15-11-10-14-19(20)23(28)27(22)26-16-21(26)18-12-8-7-9-13-18/h7-15,17,21H,16H2,1-6H3/t17-,21?,26?/m0/s1. The van der Waals surface area contributed by atoms with E-state index in [2.05, 4.69) is 51.0 Å². The Bertz CT molecular complexity index is 1120. The summed E-state index contributed by atoms with van der Waals surface area (Å²) < 4.78 is 8.40. The Kier molecular flexibility index (Phi) is 5.10. The molecule has 0 aliphatic carbocycles. The summed E-state index contributed by atoms with van der Waals surface area (Å²) in [5.41, 5.74) is 1.90. The van der Waals surface area contributed by atoms with E-state index in [-0.39, 0.29) is 22.7 Å². The first kappa shape index (κ1) is 20.8. The van der Waals surface area contributed by atoms with Crippen LogP contribution in [0.3, 0.4) is 0 Å². The summed E-state index contributed by atoms with van der Waals surface area (Å²) >= 11 is 0.